The molecule has 138 valence electrons. The summed E-state index contributed by atoms with van der Waals surface area (Å²) in [7, 11) is 5.77. The van der Waals surface area contributed by atoms with Gasteiger partial charge in [0.25, 0.3) is 5.91 Å². The normalized spacial score (nSPS) is 16.8. The van der Waals surface area contributed by atoms with Crippen LogP contribution in [0.1, 0.15) is 5.56 Å². The standard InChI is InChI=1S/C16H17N3O6S/c1-22-10-5-9(6-11(23-2)14(10)25-4)8-17-19-16-18-15(21)12(26-16)7-13(20)24-3/h5-8H,1-4H3,(H,18,19,21)/b12-7+,17-8+. The highest BCUT2D eigenvalue weighted by Gasteiger charge is 2.25. The first-order valence-corrected chi connectivity index (χ1v) is 8.04. The fraction of sp³-hybridized carbons (Fsp3) is 0.250. The van der Waals surface area contributed by atoms with Gasteiger partial charge in [0.1, 0.15) is 0 Å². The van der Waals surface area contributed by atoms with Gasteiger partial charge in [-0.05, 0) is 23.9 Å². The summed E-state index contributed by atoms with van der Waals surface area (Å²) in [4.78, 5) is 23.1. The quantitative estimate of drug-likeness (QED) is 0.344. The zero-order chi connectivity index (χ0) is 19.1. The first kappa shape index (κ1) is 19.3. The minimum absolute atomic E-state index is 0.179. The molecule has 9 nitrogen and oxygen atoms in total. The van der Waals surface area contributed by atoms with Gasteiger partial charge in [-0.15, -0.1) is 5.10 Å². The molecular formula is C16H17N3O6S. The van der Waals surface area contributed by atoms with E-state index in [0.29, 0.717) is 22.8 Å². The van der Waals surface area contributed by atoms with Gasteiger partial charge in [0.15, 0.2) is 16.7 Å². The largest absolute Gasteiger partial charge is 0.493 e. The van der Waals surface area contributed by atoms with E-state index in [2.05, 4.69) is 20.3 Å². The summed E-state index contributed by atoms with van der Waals surface area (Å²) in [5, 5.41) is 10.6. The molecule has 0 radical (unpaired) electrons. The number of amides is 1. The number of amidine groups is 1. The molecule has 1 fully saturated rings. The lowest BCUT2D eigenvalue weighted by atomic mass is 10.2. The number of esters is 1. The first-order chi connectivity index (χ1) is 12.5. The molecule has 1 aliphatic rings. The third kappa shape index (κ3) is 4.54. The van der Waals surface area contributed by atoms with E-state index < -0.39 is 11.9 Å². The zero-order valence-corrected chi connectivity index (χ0v) is 15.4. The third-order valence-electron chi connectivity index (χ3n) is 3.14. The van der Waals surface area contributed by atoms with Crippen molar-refractivity contribution in [3.05, 3.63) is 28.7 Å². The Bertz CT molecular complexity index is 778. The van der Waals surface area contributed by atoms with Gasteiger partial charge in [-0.2, -0.15) is 5.10 Å². The predicted octanol–water partition coefficient (Wildman–Crippen LogP) is 1.32. The molecule has 0 atom stereocenters. The van der Waals surface area contributed by atoms with Crippen LogP contribution in [-0.4, -0.2) is 51.7 Å². The molecular weight excluding hydrogens is 362 g/mol. The van der Waals surface area contributed by atoms with Gasteiger partial charge in [-0.25, -0.2) is 4.79 Å². The molecule has 2 rings (SSSR count). The molecule has 0 aromatic heterocycles. The number of carbonyl (C=O) groups excluding carboxylic acids is 2. The van der Waals surface area contributed by atoms with Crippen LogP contribution >= 0.6 is 11.8 Å². The van der Waals surface area contributed by atoms with Crippen molar-refractivity contribution in [1.29, 1.82) is 0 Å². The van der Waals surface area contributed by atoms with Gasteiger partial charge in [0.2, 0.25) is 5.75 Å². The summed E-state index contributed by atoms with van der Waals surface area (Å²) in [6.45, 7) is 0. The van der Waals surface area contributed by atoms with E-state index in [0.717, 1.165) is 17.8 Å². The molecule has 0 saturated carbocycles. The molecule has 1 heterocycles. The number of nitrogens with one attached hydrogen (secondary N) is 1. The summed E-state index contributed by atoms with van der Waals surface area (Å²) >= 11 is 0.985. The van der Waals surface area contributed by atoms with E-state index in [9.17, 15) is 9.59 Å². The number of hydrogen-bond acceptors (Lipinski definition) is 9. The molecule has 1 aromatic carbocycles. The molecule has 26 heavy (non-hydrogen) atoms. The monoisotopic (exact) mass is 379 g/mol. The molecule has 1 aromatic rings. The molecule has 1 N–H and O–H groups in total. The van der Waals surface area contributed by atoms with Crippen molar-refractivity contribution in [3.63, 3.8) is 0 Å². The van der Waals surface area contributed by atoms with Gasteiger partial charge in [0, 0.05) is 11.6 Å². The maximum absolute atomic E-state index is 11.7. The lowest BCUT2D eigenvalue weighted by Crippen LogP contribution is -2.19. The second kappa shape index (κ2) is 8.90. The van der Waals surface area contributed by atoms with Crippen LogP contribution in [0.25, 0.3) is 0 Å². The lowest BCUT2D eigenvalue weighted by molar-refractivity contribution is -0.135. The van der Waals surface area contributed by atoms with Crippen LogP contribution < -0.4 is 19.5 Å². The zero-order valence-electron chi connectivity index (χ0n) is 14.6. The fourth-order valence-electron chi connectivity index (χ4n) is 1.96. The maximum Gasteiger partial charge on any atom is 0.331 e. The van der Waals surface area contributed by atoms with Gasteiger partial charge >= 0.3 is 5.97 Å². The van der Waals surface area contributed by atoms with Crippen LogP contribution in [0.15, 0.2) is 33.3 Å². The number of methoxy groups -OCH3 is 4. The number of ether oxygens (including phenoxy) is 4. The Morgan fingerprint density at radius 1 is 1.12 bits per heavy atom. The number of carbonyl (C=O) groups is 2. The Morgan fingerprint density at radius 3 is 2.31 bits per heavy atom. The van der Waals surface area contributed by atoms with Crippen LogP contribution in [0.3, 0.4) is 0 Å². The van der Waals surface area contributed by atoms with Crippen LogP contribution in [0.2, 0.25) is 0 Å². The van der Waals surface area contributed by atoms with Crippen molar-refractivity contribution >= 4 is 35.0 Å². The van der Waals surface area contributed by atoms with E-state index >= 15 is 0 Å². The Morgan fingerprint density at radius 2 is 1.77 bits per heavy atom. The van der Waals surface area contributed by atoms with Gasteiger partial charge in [-0.1, -0.05) is 0 Å². The SMILES string of the molecule is COC(=O)/C=C1/S/C(=N/N=C/c2cc(OC)c(OC)c(OC)c2)NC1=O. The van der Waals surface area contributed by atoms with Crippen LogP contribution in [-0.2, 0) is 14.3 Å². The first-order valence-electron chi connectivity index (χ1n) is 7.22. The molecule has 0 unspecified atom stereocenters. The van der Waals surface area contributed by atoms with E-state index in [1.165, 1.54) is 34.7 Å². The summed E-state index contributed by atoms with van der Waals surface area (Å²) in [6.07, 6.45) is 2.55. The second-order valence-corrected chi connectivity index (χ2v) is 5.73. The van der Waals surface area contributed by atoms with Crippen molar-refractivity contribution in [2.75, 3.05) is 28.4 Å². The molecule has 1 amide bonds. The number of hydrogen-bond donors (Lipinski definition) is 1. The lowest BCUT2D eigenvalue weighted by Gasteiger charge is -2.12. The Labute approximate surface area is 154 Å². The third-order valence-corrected chi connectivity index (χ3v) is 4.04. The molecule has 1 saturated heterocycles. The highest BCUT2D eigenvalue weighted by molar-refractivity contribution is 8.18. The Kier molecular flexibility index (Phi) is 6.61. The topological polar surface area (TPSA) is 108 Å². The Hall–Kier alpha value is -3.01. The van der Waals surface area contributed by atoms with Crippen molar-refractivity contribution in [3.8, 4) is 17.2 Å². The molecule has 0 bridgehead atoms. The van der Waals surface area contributed by atoms with Crippen molar-refractivity contribution in [1.82, 2.24) is 5.32 Å². The highest BCUT2D eigenvalue weighted by Crippen LogP contribution is 2.37. The van der Waals surface area contributed by atoms with E-state index in [-0.39, 0.29) is 10.1 Å². The summed E-state index contributed by atoms with van der Waals surface area (Å²) in [5.41, 5.74) is 0.656. The van der Waals surface area contributed by atoms with Crippen LogP contribution in [0.4, 0.5) is 0 Å². The van der Waals surface area contributed by atoms with Gasteiger partial charge in [0.05, 0.1) is 39.6 Å². The van der Waals surface area contributed by atoms with Crippen LogP contribution in [0, 0.1) is 0 Å². The summed E-state index contributed by atoms with van der Waals surface area (Å²) < 4.78 is 20.3. The molecule has 1 aliphatic heterocycles. The van der Waals surface area contributed by atoms with Crippen molar-refractivity contribution in [2.24, 2.45) is 10.2 Å². The van der Waals surface area contributed by atoms with E-state index in [1.54, 1.807) is 12.1 Å². The van der Waals surface area contributed by atoms with Crippen LogP contribution in [0.5, 0.6) is 17.2 Å². The summed E-state index contributed by atoms with van der Waals surface area (Å²) in [5.74, 6) is 0.363. The van der Waals surface area contributed by atoms with Gasteiger partial charge < -0.3 is 18.9 Å². The van der Waals surface area contributed by atoms with E-state index in [4.69, 9.17) is 14.2 Å². The van der Waals surface area contributed by atoms with Crippen molar-refractivity contribution in [2.45, 2.75) is 0 Å². The minimum Gasteiger partial charge on any atom is -0.493 e. The average Bonchev–Trinajstić information content (AvgIpc) is 2.99. The molecule has 10 heteroatoms. The number of nitrogens with zero attached hydrogens (tertiary/aromatic N) is 2. The van der Waals surface area contributed by atoms with E-state index in [1.807, 2.05) is 0 Å². The highest BCUT2D eigenvalue weighted by atomic mass is 32.2. The number of thioether (sulfide) groups is 1. The second-order valence-electron chi connectivity index (χ2n) is 4.70. The van der Waals surface area contributed by atoms with Crippen molar-refractivity contribution < 1.29 is 28.5 Å². The maximum atomic E-state index is 11.7. The molecule has 0 spiro atoms. The predicted molar refractivity (Wildman–Crippen MR) is 97.0 cm³/mol. The average molecular weight is 379 g/mol. The smallest absolute Gasteiger partial charge is 0.331 e. The minimum atomic E-state index is -0.621. The summed E-state index contributed by atoms with van der Waals surface area (Å²) in [6, 6.07) is 3.40. The fourth-order valence-corrected chi connectivity index (χ4v) is 2.70. The number of rotatable bonds is 6. The molecule has 0 aliphatic carbocycles. The van der Waals surface area contributed by atoms with Gasteiger partial charge in [-0.3, -0.25) is 10.1 Å². The Balaban J connectivity index is 2.18. The number of benzene rings is 1.